The van der Waals surface area contributed by atoms with Crippen molar-refractivity contribution in [3.63, 3.8) is 0 Å². The maximum absolute atomic E-state index is 15.0. The van der Waals surface area contributed by atoms with Crippen molar-refractivity contribution in [2.45, 2.75) is 80.1 Å². The van der Waals surface area contributed by atoms with E-state index in [1.165, 1.54) is 23.3 Å². The van der Waals surface area contributed by atoms with Gasteiger partial charge in [-0.05, 0) is 86.9 Å². The maximum atomic E-state index is 15.0. The number of hydrogen-bond acceptors (Lipinski definition) is 13. The number of rotatable bonds is 15. The maximum Gasteiger partial charge on any atom is 0.237 e. The van der Waals surface area contributed by atoms with Crippen LogP contribution in [0.3, 0.4) is 0 Å². The van der Waals surface area contributed by atoms with Crippen LogP contribution in [0.15, 0.2) is 72.2 Å². The summed E-state index contributed by atoms with van der Waals surface area (Å²) in [6.07, 6.45) is 14.1. The number of ether oxygens (including phenoxy) is 1. The Labute approximate surface area is 397 Å². The van der Waals surface area contributed by atoms with Crippen LogP contribution in [0, 0.1) is 24.6 Å². The molecule has 0 radical (unpaired) electrons. The van der Waals surface area contributed by atoms with Gasteiger partial charge in [0.1, 0.15) is 30.2 Å². The SMILES string of the molecule is C=C(/C=C1/CN(c2cnc3c(c2C)NCCO3)CC/C1=C/C)Nc1ccc(N2CCC(CN3CCN(c4cc(C=O)c(C(=O)CC)cc4F)CC3)CC2)nc1.CC.CNC(=O)C(C)CCC=O. The normalized spacial score (nSPS) is 17.9. The molecule has 15 heteroatoms. The molecule has 1 atom stereocenters. The third kappa shape index (κ3) is 13.7. The fourth-order valence-electron chi connectivity index (χ4n) is 9.01. The number of ketones is 1. The Hall–Kier alpha value is -6.09. The van der Waals surface area contributed by atoms with Gasteiger partial charge in [-0.25, -0.2) is 14.4 Å². The molecule has 0 spiro atoms. The number of nitrogens with one attached hydrogen (secondary N) is 3. The minimum absolute atomic E-state index is 0.00171. The van der Waals surface area contributed by atoms with Gasteiger partial charge in [0.25, 0.3) is 0 Å². The number of hydrogen-bond donors (Lipinski definition) is 3. The number of benzene rings is 1. The molecule has 3 aromatic rings. The highest BCUT2D eigenvalue weighted by Gasteiger charge is 2.27. The van der Waals surface area contributed by atoms with Crippen molar-refractivity contribution in [2.75, 3.05) is 104 Å². The van der Waals surface area contributed by atoms with E-state index in [4.69, 9.17) is 9.72 Å². The van der Waals surface area contributed by atoms with Crippen molar-refractivity contribution in [2.24, 2.45) is 11.8 Å². The van der Waals surface area contributed by atoms with Crippen LogP contribution < -0.4 is 35.4 Å². The summed E-state index contributed by atoms with van der Waals surface area (Å²) in [7, 11) is 1.60. The number of anilines is 5. The van der Waals surface area contributed by atoms with E-state index in [9.17, 15) is 19.2 Å². The predicted molar refractivity (Wildman–Crippen MR) is 269 cm³/mol. The third-order valence-corrected chi connectivity index (χ3v) is 12.9. The van der Waals surface area contributed by atoms with Crippen LogP contribution in [0.25, 0.3) is 0 Å². The van der Waals surface area contributed by atoms with E-state index in [0.29, 0.717) is 56.3 Å². The van der Waals surface area contributed by atoms with E-state index >= 15 is 4.39 Å². The number of allylic oxidation sites excluding steroid dienone is 2. The smallest absolute Gasteiger partial charge is 0.237 e. The molecule has 1 unspecified atom stereocenters. The minimum atomic E-state index is -0.443. The number of halogens is 1. The highest BCUT2D eigenvalue weighted by molar-refractivity contribution is 6.03. The Morgan fingerprint density at radius 3 is 2.37 bits per heavy atom. The summed E-state index contributed by atoms with van der Waals surface area (Å²) in [5.74, 6) is 1.55. The Kier molecular flexibility index (Phi) is 19.9. The monoisotopic (exact) mass is 922 g/mol. The van der Waals surface area contributed by atoms with Crippen LogP contribution in [-0.4, -0.2) is 118 Å². The van der Waals surface area contributed by atoms with E-state index in [2.05, 4.69) is 80.3 Å². The molecular formula is C52H72FN9O5. The number of pyridine rings is 2. The number of amides is 1. The van der Waals surface area contributed by atoms with Gasteiger partial charge >= 0.3 is 0 Å². The topological polar surface area (TPSA) is 152 Å². The van der Waals surface area contributed by atoms with Gasteiger partial charge in [-0.1, -0.05) is 40.3 Å². The second kappa shape index (κ2) is 25.7. The molecule has 0 aliphatic carbocycles. The van der Waals surface area contributed by atoms with Crippen LogP contribution in [0.1, 0.15) is 99.4 Å². The van der Waals surface area contributed by atoms with Gasteiger partial charge in [-0.15, -0.1) is 0 Å². The molecule has 14 nitrogen and oxygen atoms in total. The number of aldehydes is 2. The van der Waals surface area contributed by atoms with Gasteiger partial charge in [0, 0.05) is 114 Å². The molecule has 0 bridgehead atoms. The molecule has 1 amide bonds. The number of nitrogens with zero attached hydrogens (tertiary/aromatic N) is 6. The largest absolute Gasteiger partial charge is 0.474 e. The lowest BCUT2D eigenvalue weighted by Crippen LogP contribution is -2.49. The van der Waals surface area contributed by atoms with Crippen LogP contribution in [0.2, 0.25) is 0 Å². The first-order chi connectivity index (χ1) is 32.5. The van der Waals surface area contributed by atoms with Crippen LogP contribution in [0.4, 0.5) is 33.0 Å². The fraction of sp³-hybridized carbons (Fsp3) is 0.500. The summed E-state index contributed by atoms with van der Waals surface area (Å²) >= 11 is 0. The number of fused-ring (bicyclic) bond motifs is 1. The van der Waals surface area contributed by atoms with E-state index < -0.39 is 5.82 Å². The molecule has 3 fully saturated rings. The number of piperazine rings is 1. The third-order valence-electron chi connectivity index (χ3n) is 12.9. The van der Waals surface area contributed by atoms with Gasteiger partial charge in [0.2, 0.25) is 11.8 Å². The predicted octanol–water partition coefficient (Wildman–Crippen LogP) is 8.25. The highest BCUT2D eigenvalue weighted by atomic mass is 19.1. The molecule has 3 saturated heterocycles. The highest BCUT2D eigenvalue weighted by Crippen LogP contribution is 2.37. The summed E-state index contributed by atoms with van der Waals surface area (Å²) in [6, 6.07) is 6.94. The molecule has 1 aromatic carbocycles. The first-order valence-electron chi connectivity index (χ1n) is 24.0. The van der Waals surface area contributed by atoms with Gasteiger partial charge in [-0.2, -0.15) is 0 Å². The van der Waals surface area contributed by atoms with Crippen LogP contribution in [0.5, 0.6) is 5.88 Å². The molecule has 362 valence electrons. The van der Waals surface area contributed by atoms with Crippen molar-refractivity contribution in [1.29, 1.82) is 0 Å². The number of aromatic nitrogens is 2. The Bertz CT molecular complexity index is 2230. The lowest BCUT2D eigenvalue weighted by molar-refractivity contribution is -0.124. The number of Topliss-reactive ketones (excluding diaryl/α,β-unsaturated/α-hetero) is 1. The van der Waals surface area contributed by atoms with E-state index in [0.717, 1.165) is 112 Å². The molecular weight excluding hydrogens is 850 g/mol. The second-order valence-electron chi connectivity index (χ2n) is 17.2. The minimum Gasteiger partial charge on any atom is -0.474 e. The van der Waals surface area contributed by atoms with Crippen LogP contribution >= 0.6 is 0 Å². The fourth-order valence-corrected chi connectivity index (χ4v) is 9.01. The molecule has 7 rings (SSSR count). The van der Waals surface area contributed by atoms with E-state index in [1.54, 1.807) is 14.0 Å². The van der Waals surface area contributed by atoms with Crippen molar-refractivity contribution >= 4 is 52.8 Å². The lowest BCUT2D eigenvalue weighted by Gasteiger charge is -2.40. The number of piperidine rings is 2. The van der Waals surface area contributed by atoms with Crippen molar-refractivity contribution in [3.05, 3.63) is 94.7 Å². The first kappa shape index (κ1) is 51.9. The zero-order valence-corrected chi connectivity index (χ0v) is 40.8. The quantitative estimate of drug-likeness (QED) is 0.0992. The summed E-state index contributed by atoms with van der Waals surface area (Å²) in [6.45, 7) is 25.2. The number of carbonyl (C=O) groups is 4. The zero-order chi connectivity index (χ0) is 48.5. The van der Waals surface area contributed by atoms with Crippen LogP contribution in [-0.2, 0) is 9.59 Å². The first-order valence-corrected chi connectivity index (χ1v) is 24.0. The van der Waals surface area contributed by atoms with Crippen molar-refractivity contribution in [3.8, 4) is 5.88 Å². The molecule has 4 aliphatic heterocycles. The zero-order valence-electron chi connectivity index (χ0n) is 40.8. The molecule has 2 aromatic heterocycles. The van der Waals surface area contributed by atoms with Gasteiger partial charge < -0.3 is 40.2 Å². The average molecular weight is 922 g/mol. The second-order valence-corrected chi connectivity index (χ2v) is 17.2. The van der Waals surface area contributed by atoms with Gasteiger partial charge in [0.05, 0.1) is 29.5 Å². The Morgan fingerprint density at radius 2 is 1.73 bits per heavy atom. The van der Waals surface area contributed by atoms with Gasteiger partial charge in [-0.3, -0.25) is 19.3 Å². The Morgan fingerprint density at radius 1 is 0.985 bits per heavy atom. The number of carbonyl (C=O) groups excluding carboxylic acids is 4. The summed E-state index contributed by atoms with van der Waals surface area (Å²) in [5.41, 5.74) is 8.40. The Balaban J connectivity index is 0.000000622. The van der Waals surface area contributed by atoms with Crippen molar-refractivity contribution < 1.29 is 28.3 Å². The van der Waals surface area contributed by atoms with Crippen molar-refractivity contribution in [1.82, 2.24) is 20.2 Å². The van der Waals surface area contributed by atoms with E-state index in [-0.39, 0.29) is 35.2 Å². The summed E-state index contributed by atoms with van der Waals surface area (Å²) < 4.78 is 20.8. The lowest BCUT2D eigenvalue weighted by atomic mass is 9.95. The molecule has 0 saturated carbocycles. The van der Waals surface area contributed by atoms with Gasteiger partial charge in [0.15, 0.2) is 12.1 Å². The summed E-state index contributed by atoms with van der Waals surface area (Å²) in [5, 5.41) is 9.44. The molecule has 3 N–H and O–H groups in total. The standard InChI is InChI=1S/C43H53FN8O3.C7H13NO2.C2H6/c1-5-32-11-15-52(39-25-47-43-42(30(39)4)45-12-20-55-43)27-33(32)21-29(3)48-35-7-8-41(46-24-35)51-13-9-31(10-14-51)26-49-16-18-50(19-17-49)38-22-34(28-53)36(23-37(38)44)40(54)6-2;1-6(4-3-5-9)7(10)8-2;1-2/h5,7-8,21-25,28,31,45,48H,3,6,9-20,26-27H2,1-2,4H3;5-6H,3-4H2,1-2H3,(H,8,10);1-2H3/b32-5-,33-21-;;. The molecule has 6 heterocycles. The average Bonchev–Trinajstić information content (AvgIpc) is 3.36. The molecule has 67 heavy (non-hydrogen) atoms. The van der Waals surface area contributed by atoms with E-state index in [1.807, 2.05) is 38.1 Å². The summed E-state index contributed by atoms with van der Waals surface area (Å²) in [4.78, 5) is 63.2. The molecule has 4 aliphatic rings.